The third-order valence-corrected chi connectivity index (χ3v) is 6.28. The van der Waals surface area contributed by atoms with Crippen molar-refractivity contribution in [2.45, 2.75) is 19.0 Å². The van der Waals surface area contributed by atoms with E-state index in [0.29, 0.717) is 48.4 Å². The smallest absolute Gasteiger partial charge is 0.435 e. The Morgan fingerprint density at radius 1 is 1.08 bits per heavy atom. The molecule has 1 saturated carbocycles. The highest BCUT2D eigenvalue weighted by Crippen LogP contribution is 2.44. The highest BCUT2D eigenvalue weighted by Gasteiger charge is 2.37. The van der Waals surface area contributed by atoms with Gasteiger partial charge in [0, 0.05) is 37.5 Å². The van der Waals surface area contributed by atoms with Crippen LogP contribution in [0.25, 0.3) is 33.9 Å². The minimum Gasteiger partial charge on any atom is -0.492 e. The zero-order valence-corrected chi connectivity index (χ0v) is 21.6. The number of rotatable bonds is 10. The fourth-order valence-corrected chi connectivity index (χ4v) is 4.10. The van der Waals surface area contributed by atoms with Gasteiger partial charge in [0.05, 0.1) is 29.9 Å². The topological polar surface area (TPSA) is 94.0 Å². The molecule has 13 heteroatoms. The van der Waals surface area contributed by atoms with Crippen molar-refractivity contribution in [3.8, 4) is 45.4 Å². The minimum absolute atomic E-state index is 0.157. The first-order valence-corrected chi connectivity index (χ1v) is 12.3. The molecule has 0 radical (unpaired) electrons. The van der Waals surface area contributed by atoms with Crippen LogP contribution in [0.1, 0.15) is 18.5 Å². The highest BCUT2D eigenvalue weighted by atomic mass is 19.4. The SMILES string of the molecule is CN(C)CCOc1cc(F)cc(OCC2CC2)c1-c1c(-c2cc(-c3nn[nH]c3C(F)(F)F)ccn2)ncn1C. The molecule has 0 atom stereocenters. The Labute approximate surface area is 221 Å². The van der Waals surface area contributed by atoms with Gasteiger partial charge in [0.1, 0.15) is 35.3 Å². The number of nitrogens with zero attached hydrogens (tertiary/aromatic N) is 6. The summed E-state index contributed by atoms with van der Waals surface area (Å²) >= 11 is 0. The summed E-state index contributed by atoms with van der Waals surface area (Å²) in [6, 6.07) is 5.47. The molecule has 0 spiro atoms. The number of halogens is 4. The summed E-state index contributed by atoms with van der Waals surface area (Å²) < 4.78 is 69.0. The van der Waals surface area contributed by atoms with Crippen LogP contribution in [0.15, 0.2) is 36.8 Å². The monoisotopic (exact) mass is 545 g/mol. The number of aromatic amines is 1. The number of pyridine rings is 1. The number of likely N-dealkylation sites (N-methyl/N-ethyl adjacent to an activating group) is 1. The molecule has 0 unspecified atom stereocenters. The van der Waals surface area contributed by atoms with Crippen LogP contribution in [-0.4, -0.2) is 68.7 Å². The van der Waals surface area contributed by atoms with Gasteiger partial charge in [0.2, 0.25) is 0 Å². The van der Waals surface area contributed by atoms with Crippen LogP contribution in [0, 0.1) is 11.7 Å². The third-order valence-electron chi connectivity index (χ3n) is 6.28. The van der Waals surface area contributed by atoms with Gasteiger partial charge in [0.25, 0.3) is 0 Å². The van der Waals surface area contributed by atoms with Gasteiger partial charge in [-0.1, -0.05) is 5.21 Å². The molecule has 1 aliphatic rings. The minimum atomic E-state index is -4.67. The largest absolute Gasteiger partial charge is 0.492 e. The Bertz CT molecular complexity index is 1460. The maximum Gasteiger partial charge on any atom is 0.435 e. The van der Waals surface area contributed by atoms with E-state index in [1.807, 2.05) is 24.1 Å². The quantitative estimate of drug-likeness (QED) is 0.286. The zero-order valence-electron chi connectivity index (χ0n) is 21.6. The van der Waals surface area contributed by atoms with Crippen molar-refractivity contribution in [2.75, 3.05) is 33.9 Å². The molecule has 0 aliphatic heterocycles. The van der Waals surface area contributed by atoms with Crippen LogP contribution < -0.4 is 9.47 Å². The second kappa shape index (κ2) is 10.6. The highest BCUT2D eigenvalue weighted by molar-refractivity contribution is 5.85. The summed E-state index contributed by atoms with van der Waals surface area (Å²) in [6.07, 6.45) is 0.355. The molecular formula is C26H27F4N7O2. The van der Waals surface area contributed by atoms with Crippen molar-refractivity contribution in [3.63, 3.8) is 0 Å². The number of hydrogen-bond acceptors (Lipinski definition) is 7. The molecular weight excluding hydrogens is 518 g/mol. The third kappa shape index (κ3) is 5.87. The maximum atomic E-state index is 14.7. The number of aromatic nitrogens is 6. The molecule has 5 rings (SSSR count). The molecule has 3 aromatic heterocycles. The van der Waals surface area contributed by atoms with E-state index in [1.54, 1.807) is 17.9 Å². The van der Waals surface area contributed by atoms with E-state index >= 15 is 0 Å². The van der Waals surface area contributed by atoms with Crippen LogP contribution in [0.4, 0.5) is 17.6 Å². The van der Waals surface area contributed by atoms with Gasteiger partial charge in [0.15, 0.2) is 5.69 Å². The lowest BCUT2D eigenvalue weighted by Crippen LogP contribution is -2.19. The summed E-state index contributed by atoms with van der Waals surface area (Å²) in [5.74, 6) is 0.450. The normalized spacial score (nSPS) is 13.7. The molecule has 3 heterocycles. The lowest BCUT2D eigenvalue weighted by Gasteiger charge is -2.19. The number of benzene rings is 1. The molecule has 39 heavy (non-hydrogen) atoms. The van der Waals surface area contributed by atoms with Crippen molar-refractivity contribution >= 4 is 0 Å². The molecule has 1 fully saturated rings. The van der Waals surface area contributed by atoms with E-state index < -0.39 is 17.7 Å². The summed E-state index contributed by atoms with van der Waals surface area (Å²) in [4.78, 5) is 10.8. The second-order valence-electron chi connectivity index (χ2n) is 9.70. The van der Waals surface area contributed by atoms with Crippen molar-refractivity contribution < 1.29 is 27.0 Å². The van der Waals surface area contributed by atoms with Gasteiger partial charge in [-0.3, -0.25) is 10.1 Å². The maximum absolute atomic E-state index is 14.7. The summed E-state index contributed by atoms with van der Waals surface area (Å²) in [7, 11) is 5.56. The van der Waals surface area contributed by atoms with E-state index in [1.165, 1.54) is 30.5 Å². The van der Waals surface area contributed by atoms with Gasteiger partial charge in [-0.2, -0.15) is 13.2 Å². The van der Waals surface area contributed by atoms with Crippen LogP contribution in [0.3, 0.4) is 0 Å². The van der Waals surface area contributed by atoms with Crippen molar-refractivity contribution in [3.05, 3.63) is 48.3 Å². The second-order valence-corrected chi connectivity index (χ2v) is 9.70. The van der Waals surface area contributed by atoms with Crippen LogP contribution in [0.2, 0.25) is 0 Å². The van der Waals surface area contributed by atoms with Crippen molar-refractivity contribution in [2.24, 2.45) is 13.0 Å². The predicted molar refractivity (Wildman–Crippen MR) is 134 cm³/mol. The Balaban J connectivity index is 1.61. The van der Waals surface area contributed by atoms with Gasteiger partial charge < -0.3 is 18.9 Å². The number of H-pyrrole nitrogens is 1. The van der Waals surface area contributed by atoms with E-state index in [9.17, 15) is 17.6 Å². The lowest BCUT2D eigenvalue weighted by molar-refractivity contribution is -0.140. The number of ether oxygens (including phenoxy) is 2. The first-order chi connectivity index (χ1) is 18.6. The molecule has 0 bridgehead atoms. The summed E-state index contributed by atoms with van der Waals surface area (Å²) in [5.41, 5.74) is 0.382. The van der Waals surface area contributed by atoms with Gasteiger partial charge >= 0.3 is 6.18 Å². The number of imidazole rings is 1. The van der Waals surface area contributed by atoms with Crippen LogP contribution in [-0.2, 0) is 13.2 Å². The first kappa shape index (κ1) is 26.6. The summed E-state index contributed by atoms with van der Waals surface area (Å²) in [5, 5.41) is 8.91. The van der Waals surface area contributed by atoms with Crippen molar-refractivity contribution in [1.82, 2.24) is 34.8 Å². The number of alkyl halides is 3. The number of nitrogens with one attached hydrogen (secondary N) is 1. The molecule has 206 valence electrons. The van der Waals surface area contributed by atoms with E-state index in [2.05, 4.69) is 20.3 Å². The van der Waals surface area contributed by atoms with E-state index in [0.717, 1.165) is 12.8 Å². The molecule has 0 amide bonds. The fourth-order valence-electron chi connectivity index (χ4n) is 4.10. The van der Waals surface area contributed by atoms with Crippen molar-refractivity contribution in [1.29, 1.82) is 0 Å². The number of hydrogen-bond donors (Lipinski definition) is 1. The van der Waals surface area contributed by atoms with Gasteiger partial charge in [-0.05, 0) is 45.0 Å². The first-order valence-electron chi connectivity index (χ1n) is 12.3. The Kier molecular flexibility index (Phi) is 7.25. The Morgan fingerprint density at radius 2 is 1.82 bits per heavy atom. The average Bonchev–Trinajstić information content (AvgIpc) is 3.41. The van der Waals surface area contributed by atoms with Crippen LogP contribution >= 0.6 is 0 Å². The molecule has 1 aromatic carbocycles. The summed E-state index contributed by atoms with van der Waals surface area (Å²) in [6.45, 7) is 1.31. The molecule has 1 aliphatic carbocycles. The van der Waals surface area contributed by atoms with Gasteiger partial charge in [-0.15, -0.1) is 5.10 Å². The fraction of sp³-hybridized carbons (Fsp3) is 0.385. The van der Waals surface area contributed by atoms with E-state index in [4.69, 9.17) is 9.47 Å². The number of aryl methyl sites for hydroxylation is 1. The predicted octanol–water partition coefficient (Wildman–Crippen LogP) is 4.82. The molecule has 4 aromatic rings. The Hall–Kier alpha value is -4.00. The standard InChI is InChI=1S/C26H27F4N7O2/c1-36(2)8-9-38-19-11-17(27)12-20(39-13-15-4-5-15)21(19)24-23(32-14-37(24)3)18-10-16(6-7-31-18)22-25(26(28,29)30)34-35-33-22/h6-7,10-12,14-15H,4-5,8-9,13H2,1-3H3,(H,33,34,35). The lowest BCUT2D eigenvalue weighted by atomic mass is 10.0. The molecule has 1 N–H and O–H groups in total. The average molecular weight is 546 g/mol. The Morgan fingerprint density at radius 3 is 2.51 bits per heavy atom. The molecule has 0 saturated heterocycles. The van der Waals surface area contributed by atoms with Crippen LogP contribution in [0.5, 0.6) is 11.5 Å². The van der Waals surface area contributed by atoms with E-state index in [-0.39, 0.29) is 22.7 Å². The van der Waals surface area contributed by atoms with Gasteiger partial charge in [-0.25, -0.2) is 9.37 Å². The zero-order chi connectivity index (χ0) is 27.7. The molecule has 9 nitrogen and oxygen atoms in total.